The molecule has 1 heteroatoms. The predicted octanol–water partition coefficient (Wildman–Crippen LogP) is 2.81. The van der Waals surface area contributed by atoms with Crippen molar-refractivity contribution in [2.45, 2.75) is 52.0 Å². The van der Waals surface area contributed by atoms with Gasteiger partial charge in [-0.25, -0.2) is 0 Å². The van der Waals surface area contributed by atoms with Gasteiger partial charge in [-0.15, -0.1) is 0 Å². The molecule has 1 N–H and O–H groups in total. The predicted molar refractivity (Wildman–Crippen MR) is 54.3 cm³/mol. The van der Waals surface area contributed by atoms with Crippen molar-refractivity contribution in [2.24, 2.45) is 11.8 Å². The van der Waals surface area contributed by atoms with Gasteiger partial charge in [0.25, 0.3) is 0 Å². The minimum atomic E-state index is 0.710. The third-order valence-corrected chi connectivity index (χ3v) is 3.49. The zero-order valence-corrected chi connectivity index (χ0v) is 8.77. The maximum Gasteiger partial charge on any atom is 0.00384 e. The standard InChI is InChI=1S/C11H23N/c1-4-10-6-5-7-11(10)8-9(2)12-3/h9-12H,4-8H2,1-3H3. The summed E-state index contributed by atoms with van der Waals surface area (Å²) in [6.07, 6.45) is 7.21. The van der Waals surface area contributed by atoms with Crippen LogP contribution in [0, 0.1) is 11.8 Å². The van der Waals surface area contributed by atoms with Crippen LogP contribution in [0.4, 0.5) is 0 Å². The van der Waals surface area contributed by atoms with E-state index in [0.29, 0.717) is 6.04 Å². The monoisotopic (exact) mass is 169 g/mol. The van der Waals surface area contributed by atoms with Crippen LogP contribution in [-0.4, -0.2) is 13.1 Å². The number of hydrogen-bond donors (Lipinski definition) is 1. The molecule has 12 heavy (non-hydrogen) atoms. The molecule has 1 aliphatic rings. The van der Waals surface area contributed by atoms with Gasteiger partial charge in [0.05, 0.1) is 0 Å². The summed E-state index contributed by atoms with van der Waals surface area (Å²) in [5.41, 5.74) is 0. The molecule has 1 rings (SSSR count). The Morgan fingerprint density at radius 2 is 2.00 bits per heavy atom. The van der Waals surface area contributed by atoms with Crippen molar-refractivity contribution < 1.29 is 0 Å². The molecule has 0 amide bonds. The average Bonchev–Trinajstić information content (AvgIpc) is 2.51. The molecule has 0 bridgehead atoms. The lowest BCUT2D eigenvalue weighted by molar-refractivity contribution is 0.322. The topological polar surface area (TPSA) is 12.0 Å². The van der Waals surface area contributed by atoms with E-state index in [1.54, 1.807) is 0 Å². The molecular formula is C11H23N. The highest BCUT2D eigenvalue weighted by Crippen LogP contribution is 2.36. The summed E-state index contributed by atoms with van der Waals surface area (Å²) >= 11 is 0. The lowest BCUT2D eigenvalue weighted by atomic mass is 9.88. The molecule has 0 heterocycles. The Balaban J connectivity index is 2.30. The average molecular weight is 169 g/mol. The normalized spacial score (nSPS) is 32.2. The van der Waals surface area contributed by atoms with Crippen LogP contribution in [0.2, 0.25) is 0 Å². The molecule has 0 saturated heterocycles. The smallest absolute Gasteiger partial charge is 0.00384 e. The van der Waals surface area contributed by atoms with Gasteiger partial charge in [0.15, 0.2) is 0 Å². The summed E-state index contributed by atoms with van der Waals surface area (Å²) in [7, 11) is 2.07. The van der Waals surface area contributed by atoms with E-state index in [1.807, 2.05) is 0 Å². The van der Waals surface area contributed by atoms with Gasteiger partial charge in [0, 0.05) is 6.04 Å². The SMILES string of the molecule is CCC1CCCC1CC(C)NC. The van der Waals surface area contributed by atoms with Crippen molar-refractivity contribution >= 4 is 0 Å². The molecule has 1 fully saturated rings. The molecule has 0 aromatic heterocycles. The summed E-state index contributed by atoms with van der Waals surface area (Å²) in [6, 6.07) is 0.710. The molecule has 3 unspecified atom stereocenters. The molecule has 3 atom stereocenters. The van der Waals surface area contributed by atoms with Crippen molar-refractivity contribution in [3.05, 3.63) is 0 Å². The lowest BCUT2D eigenvalue weighted by Gasteiger charge is -2.21. The van der Waals surface area contributed by atoms with E-state index in [2.05, 4.69) is 26.2 Å². The fraction of sp³-hybridized carbons (Fsp3) is 1.00. The molecule has 1 nitrogen and oxygen atoms in total. The van der Waals surface area contributed by atoms with Crippen LogP contribution in [0.3, 0.4) is 0 Å². The highest BCUT2D eigenvalue weighted by Gasteiger charge is 2.26. The Labute approximate surface area is 76.9 Å². The molecule has 0 aromatic rings. The molecular weight excluding hydrogens is 146 g/mol. The molecule has 0 radical (unpaired) electrons. The second kappa shape index (κ2) is 4.86. The van der Waals surface area contributed by atoms with Crippen molar-refractivity contribution in [3.8, 4) is 0 Å². The van der Waals surface area contributed by atoms with Crippen LogP contribution in [-0.2, 0) is 0 Å². The van der Waals surface area contributed by atoms with Gasteiger partial charge in [-0.3, -0.25) is 0 Å². The Kier molecular flexibility index (Phi) is 4.07. The van der Waals surface area contributed by atoms with Gasteiger partial charge in [-0.05, 0) is 32.2 Å². The zero-order valence-electron chi connectivity index (χ0n) is 8.77. The first-order valence-corrected chi connectivity index (χ1v) is 5.45. The molecule has 0 spiro atoms. The molecule has 1 aliphatic carbocycles. The minimum Gasteiger partial charge on any atom is -0.317 e. The first-order valence-electron chi connectivity index (χ1n) is 5.45. The van der Waals surface area contributed by atoms with E-state index in [4.69, 9.17) is 0 Å². The maximum atomic E-state index is 3.34. The lowest BCUT2D eigenvalue weighted by Crippen LogP contribution is -2.25. The largest absolute Gasteiger partial charge is 0.317 e. The van der Waals surface area contributed by atoms with Crippen molar-refractivity contribution in [1.82, 2.24) is 5.32 Å². The summed E-state index contributed by atoms with van der Waals surface area (Å²) in [5.74, 6) is 2.04. The van der Waals surface area contributed by atoms with Crippen LogP contribution in [0.15, 0.2) is 0 Å². The Morgan fingerprint density at radius 1 is 1.33 bits per heavy atom. The van der Waals surface area contributed by atoms with Crippen molar-refractivity contribution in [3.63, 3.8) is 0 Å². The third-order valence-electron chi connectivity index (χ3n) is 3.49. The summed E-state index contributed by atoms with van der Waals surface area (Å²) in [4.78, 5) is 0. The van der Waals surface area contributed by atoms with Crippen LogP contribution in [0.1, 0.15) is 46.0 Å². The molecule has 0 aliphatic heterocycles. The molecule has 1 saturated carbocycles. The van der Waals surface area contributed by atoms with Gasteiger partial charge >= 0.3 is 0 Å². The van der Waals surface area contributed by atoms with Crippen LogP contribution in [0.5, 0.6) is 0 Å². The minimum absolute atomic E-state index is 0.710. The Hall–Kier alpha value is -0.0400. The van der Waals surface area contributed by atoms with Gasteiger partial charge < -0.3 is 5.32 Å². The number of hydrogen-bond acceptors (Lipinski definition) is 1. The quantitative estimate of drug-likeness (QED) is 0.682. The van der Waals surface area contributed by atoms with Gasteiger partial charge in [0.1, 0.15) is 0 Å². The van der Waals surface area contributed by atoms with Crippen LogP contribution in [0.25, 0.3) is 0 Å². The van der Waals surface area contributed by atoms with Crippen LogP contribution >= 0.6 is 0 Å². The molecule has 72 valence electrons. The third kappa shape index (κ3) is 2.48. The number of nitrogens with one attached hydrogen (secondary N) is 1. The summed E-state index contributed by atoms with van der Waals surface area (Å²) in [6.45, 7) is 4.64. The van der Waals surface area contributed by atoms with E-state index >= 15 is 0 Å². The van der Waals surface area contributed by atoms with Gasteiger partial charge in [-0.2, -0.15) is 0 Å². The highest BCUT2D eigenvalue weighted by molar-refractivity contribution is 4.79. The van der Waals surface area contributed by atoms with Gasteiger partial charge in [0.2, 0.25) is 0 Å². The Morgan fingerprint density at radius 3 is 2.58 bits per heavy atom. The first kappa shape index (κ1) is 10.0. The molecule has 0 aromatic carbocycles. The second-order valence-corrected chi connectivity index (χ2v) is 4.28. The van der Waals surface area contributed by atoms with E-state index in [0.717, 1.165) is 11.8 Å². The fourth-order valence-corrected chi connectivity index (χ4v) is 2.53. The number of rotatable bonds is 4. The van der Waals surface area contributed by atoms with E-state index in [-0.39, 0.29) is 0 Å². The van der Waals surface area contributed by atoms with E-state index in [9.17, 15) is 0 Å². The van der Waals surface area contributed by atoms with Crippen molar-refractivity contribution in [1.29, 1.82) is 0 Å². The Bertz CT molecular complexity index is 122. The van der Waals surface area contributed by atoms with Crippen LogP contribution < -0.4 is 5.32 Å². The van der Waals surface area contributed by atoms with E-state index < -0.39 is 0 Å². The highest BCUT2D eigenvalue weighted by atomic mass is 14.8. The maximum absolute atomic E-state index is 3.34. The summed E-state index contributed by atoms with van der Waals surface area (Å²) in [5, 5.41) is 3.34. The second-order valence-electron chi connectivity index (χ2n) is 4.28. The van der Waals surface area contributed by atoms with E-state index in [1.165, 1.54) is 32.1 Å². The van der Waals surface area contributed by atoms with Gasteiger partial charge in [-0.1, -0.05) is 32.6 Å². The fourth-order valence-electron chi connectivity index (χ4n) is 2.53. The first-order chi connectivity index (χ1) is 5.77. The zero-order chi connectivity index (χ0) is 8.97. The summed E-state index contributed by atoms with van der Waals surface area (Å²) < 4.78 is 0. The van der Waals surface area contributed by atoms with Crippen molar-refractivity contribution in [2.75, 3.05) is 7.05 Å².